The zero-order valence-electron chi connectivity index (χ0n) is 15.8. The summed E-state index contributed by atoms with van der Waals surface area (Å²) in [5, 5.41) is 7.65. The number of anilines is 1. The van der Waals surface area contributed by atoms with Gasteiger partial charge in [-0.25, -0.2) is 0 Å². The predicted molar refractivity (Wildman–Crippen MR) is 110 cm³/mol. The van der Waals surface area contributed by atoms with Crippen molar-refractivity contribution in [2.24, 2.45) is 0 Å². The highest BCUT2D eigenvalue weighted by Gasteiger charge is 2.19. The zero-order chi connectivity index (χ0) is 20.1. The van der Waals surface area contributed by atoms with Crippen LogP contribution < -0.4 is 10.1 Å². The Labute approximate surface area is 168 Å². The summed E-state index contributed by atoms with van der Waals surface area (Å²) in [5.41, 5.74) is 2.29. The maximum atomic E-state index is 13.1. The van der Waals surface area contributed by atoms with Crippen LogP contribution in [0.5, 0.6) is 5.75 Å². The third-order valence-corrected chi connectivity index (χ3v) is 4.35. The SMILES string of the molecule is COc1ccc(C(=O)n2nc(-c3cccnc3)nc2NCc2ccccc2)cc1. The minimum Gasteiger partial charge on any atom is -0.497 e. The summed E-state index contributed by atoms with van der Waals surface area (Å²) >= 11 is 0. The van der Waals surface area contributed by atoms with Crippen LogP contribution >= 0.6 is 0 Å². The summed E-state index contributed by atoms with van der Waals surface area (Å²) in [6.45, 7) is 0.516. The van der Waals surface area contributed by atoms with E-state index in [1.807, 2.05) is 36.4 Å². The molecule has 0 spiro atoms. The molecule has 144 valence electrons. The zero-order valence-corrected chi connectivity index (χ0v) is 15.8. The number of ether oxygens (including phenoxy) is 1. The molecule has 0 unspecified atom stereocenters. The van der Waals surface area contributed by atoms with Crippen LogP contribution in [0, 0.1) is 0 Å². The highest BCUT2D eigenvalue weighted by atomic mass is 16.5. The number of benzene rings is 2. The monoisotopic (exact) mass is 385 g/mol. The van der Waals surface area contributed by atoms with Gasteiger partial charge >= 0.3 is 0 Å². The van der Waals surface area contributed by atoms with E-state index in [1.165, 1.54) is 4.68 Å². The molecule has 4 aromatic rings. The van der Waals surface area contributed by atoms with E-state index in [0.29, 0.717) is 29.6 Å². The molecule has 2 aromatic carbocycles. The summed E-state index contributed by atoms with van der Waals surface area (Å²) in [5.74, 6) is 1.19. The standard InChI is InChI=1S/C22H19N5O2/c1-29-19-11-9-17(10-12-19)21(28)27-22(24-14-16-6-3-2-4-7-16)25-20(26-27)18-8-5-13-23-15-18/h2-13,15H,14H2,1H3,(H,24,25,26). The third kappa shape index (κ3) is 4.14. The molecule has 0 fully saturated rings. The normalized spacial score (nSPS) is 10.5. The van der Waals surface area contributed by atoms with Gasteiger partial charge in [-0.3, -0.25) is 9.78 Å². The smallest absolute Gasteiger partial charge is 0.281 e. The molecule has 0 atom stereocenters. The number of aromatic nitrogens is 4. The number of methoxy groups -OCH3 is 1. The summed E-state index contributed by atoms with van der Waals surface area (Å²) in [6.07, 6.45) is 3.34. The fourth-order valence-corrected chi connectivity index (χ4v) is 2.82. The van der Waals surface area contributed by atoms with Crippen molar-refractivity contribution in [2.75, 3.05) is 12.4 Å². The lowest BCUT2D eigenvalue weighted by molar-refractivity contribution is 0.0947. The Hall–Kier alpha value is -4.00. The summed E-state index contributed by atoms with van der Waals surface area (Å²) in [7, 11) is 1.58. The number of pyridine rings is 1. The molecule has 0 bridgehead atoms. The second kappa shape index (κ2) is 8.35. The number of carbonyl (C=O) groups is 1. The Balaban J connectivity index is 1.67. The maximum Gasteiger partial charge on any atom is 0.281 e. The lowest BCUT2D eigenvalue weighted by atomic mass is 10.2. The third-order valence-electron chi connectivity index (χ3n) is 4.35. The minimum absolute atomic E-state index is 0.286. The van der Waals surface area contributed by atoms with Gasteiger partial charge in [0.15, 0.2) is 5.82 Å². The number of rotatable bonds is 6. The van der Waals surface area contributed by atoms with Crippen LogP contribution in [0.1, 0.15) is 15.9 Å². The van der Waals surface area contributed by atoms with Crippen LogP contribution in [-0.2, 0) is 6.54 Å². The van der Waals surface area contributed by atoms with Crippen molar-refractivity contribution in [3.05, 3.63) is 90.3 Å². The van der Waals surface area contributed by atoms with E-state index in [0.717, 1.165) is 11.1 Å². The van der Waals surface area contributed by atoms with Crippen LogP contribution in [0.2, 0.25) is 0 Å². The fraction of sp³-hybridized carbons (Fsp3) is 0.0909. The van der Waals surface area contributed by atoms with Crippen LogP contribution in [0.15, 0.2) is 79.1 Å². The number of carbonyl (C=O) groups excluding carboxylic acids is 1. The molecule has 29 heavy (non-hydrogen) atoms. The molecule has 4 rings (SSSR count). The molecule has 2 heterocycles. The minimum atomic E-state index is -0.286. The van der Waals surface area contributed by atoms with Gasteiger partial charge in [-0.05, 0) is 42.0 Å². The van der Waals surface area contributed by atoms with Crippen molar-refractivity contribution < 1.29 is 9.53 Å². The van der Waals surface area contributed by atoms with Crippen LogP contribution in [0.3, 0.4) is 0 Å². The summed E-state index contributed by atoms with van der Waals surface area (Å²) in [6, 6.07) is 20.4. The van der Waals surface area contributed by atoms with Gasteiger partial charge < -0.3 is 10.1 Å². The van der Waals surface area contributed by atoms with E-state index in [4.69, 9.17) is 4.74 Å². The molecule has 0 aliphatic heterocycles. The van der Waals surface area contributed by atoms with Gasteiger partial charge in [-0.15, -0.1) is 5.10 Å². The van der Waals surface area contributed by atoms with E-state index in [2.05, 4.69) is 20.4 Å². The number of hydrogen-bond acceptors (Lipinski definition) is 6. The molecule has 1 N–H and O–H groups in total. The Morgan fingerprint density at radius 2 is 1.83 bits per heavy atom. The van der Waals surface area contributed by atoms with Crippen LogP contribution in [0.25, 0.3) is 11.4 Å². The predicted octanol–water partition coefficient (Wildman–Crippen LogP) is 3.65. The molecule has 0 aliphatic carbocycles. The Morgan fingerprint density at radius 3 is 2.52 bits per heavy atom. The molecule has 0 radical (unpaired) electrons. The fourth-order valence-electron chi connectivity index (χ4n) is 2.82. The van der Waals surface area contributed by atoms with Crippen molar-refractivity contribution in [1.82, 2.24) is 19.7 Å². The number of nitrogens with one attached hydrogen (secondary N) is 1. The molecule has 0 amide bonds. The first-order chi connectivity index (χ1) is 14.2. The van der Waals surface area contributed by atoms with Gasteiger partial charge in [0.05, 0.1) is 7.11 Å². The van der Waals surface area contributed by atoms with Gasteiger partial charge in [0, 0.05) is 30.1 Å². The Morgan fingerprint density at radius 1 is 1.03 bits per heavy atom. The van der Waals surface area contributed by atoms with Gasteiger partial charge in [0.25, 0.3) is 5.91 Å². The van der Waals surface area contributed by atoms with Crippen LogP contribution in [-0.4, -0.2) is 32.8 Å². The lowest BCUT2D eigenvalue weighted by Gasteiger charge is -2.08. The van der Waals surface area contributed by atoms with Gasteiger partial charge in [0.1, 0.15) is 5.75 Å². The van der Waals surface area contributed by atoms with E-state index in [9.17, 15) is 4.79 Å². The van der Waals surface area contributed by atoms with Crippen molar-refractivity contribution in [1.29, 1.82) is 0 Å². The van der Waals surface area contributed by atoms with E-state index >= 15 is 0 Å². The average molecular weight is 385 g/mol. The lowest BCUT2D eigenvalue weighted by Crippen LogP contribution is -2.17. The Kier molecular flexibility index (Phi) is 5.29. The first kappa shape index (κ1) is 18.4. The quantitative estimate of drug-likeness (QED) is 0.546. The second-order valence-electron chi connectivity index (χ2n) is 6.29. The van der Waals surface area contributed by atoms with Gasteiger partial charge in [0.2, 0.25) is 5.95 Å². The van der Waals surface area contributed by atoms with Gasteiger partial charge in [-0.1, -0.05) is 30.3 Å². The molecule has 7 nitrogen and oxygen atoms in total. The molecule has 0 saturated heterocycles. The van der Waals surface area contributed by atoms with Crippen molar-refractivity contribution in [2.45, 2.75) is 6.54 Å². The topological polar surface area (TPSA) is 81.9 Å². The first-order valence-electron chi connectivity index (χ1n) is 9.08. The number of hydrogen-bond donors (Lipinski definition) is 1. The van der Waals surface area contributed by atoms with E-state index < -0.39 is 0 Å². The molecule has 0 aliphatic rings. The van der Waals surface area contributed by atoms with Crippen molar-refractivity contribution in [3.63, 3.8) is 0 Å². The molecule has 0 saturated carbocycles. The first-order valence-corrected chi connectivity index (χ1v) is 9.08. The van der Waals surface area contributed by atoms with E-state index in [-0.39, 0.29) is 5.91 Å². The molecular weight excluding hydrogens is 366 g/mol. The van der Waals surface area contributed by atoms with Crippen LogP contribution in [0.4, 0.5) is 5.95 Å². The van der Waals surface area contributed by atoms with Gasteiger partial charge in [-0.2, -0.15) is 9.67 Å². The maximum absolute atomic E-state index is 13.1. The summed E-state index contributed by atoms with van der Waals surface area (Å²) < 4.78 is 6.45. The molecule has 7 heteroatoms. The van der Waals surface area contributed by atoms with E-state index in [1.54, 1.807) is 49.8 Å². The molecular formula is C22H19N5O2. The van der Waals surface area contributed by atoms with Crippen molar-refractivity contribution >= 4 is 11.9 Å². The van der Waals surface area contributed by atoms with Crippen molar-refractivity contribution in [3.8, 4) is 17.1 Å². The summed E-state index contributed by atoms with van der Waals surface area (Å²) in [4.78, 5) is 21.7. The second-order valence-corrected chi connectivity index (χ2v) is 6.29. The largest absolute Gasteiger partial charge is 0.497 e. The Bertz CT molecular complexity index is 1090. The number of nitrogens with zero attached hydrogens (tertiary/aromatic N) is 4. The molecule has 2 aromatic heterocycles. The highest BCUT2D eigenvalue weighted by Crippen LogP contribution is 2.19. The highest BCUT2D eigenvalue weighted by molar-refractivity contribution is 5.97. The average Bonchev–Trinajstić information content (AvgIpc) is 3.23.